The van der Waals surface area contributed by atoms with Crippen molar-refractivity contribution in [2.24, 2.45) is 0 Å². The van der Waals surface area contributed by atoms with Crippen LogP contribution < -0.4 is 5.48 Å². The topological polar surface area (TPSA) is 41.5 Å². The first-order valence-electron chi connectivity index (χ1n) is 5.24. The van der Waals surface area contributed by atoms with Crippen molar-refractivity contribution in [3.63, 3.8) is 0 Å². The molecule has 1 unspecified atom stereocenters. The van der Waals surface area contributed by atoms with Crippen molar-refractivity contribution in [3.8, 4) is 0 Å². The minimum absolute atomic E-state index is 0.222. The van der Waals surface area contributed by atoms with Gasteiger partial charge in [0.2, 0.25) is 0 Å². The Bertz CT molecular complexity index is 269. The molecule has 0 bridgehead atoms. The van der Waals surface area contributed by atoms with Crippen LogP contribution in [0.25, 0.3) is 0 Å². The van der Waals surface area contributed by atoms with Crippen molar-refractivity contribution in [2.45, 2.75) is 32.4 Å². The summed E-state index contributed by atoms with van der Waals surface area (Å²) in [5, 5.41) is 9.16. The highest BCUT2D eigenvalue weighted by Gasteiger charge is 1.98. The van der Waals surface area contributed by atoms with Gasteiger partial charge in [-0.2, -0.15) is 5.48 Å². The largest absolute Gasteiger partial charge is 0.393 e. The summed E-state index contributed by atoms with van der Waals surface area (Å²) in [5.74, 6) is 0. The van der Waals surface area contributed by atoms with Crippen molar-refractivity contribution in [1.29, 1.82) is 0 Å². The Kier molecular flexibility index (Phi) is 5.32. The number of aryl methyl sites for hydroxylation is 1. The lowest BCUT2D eigenvalue weighted by molar-refractivity contribution is 0.0867. The molecule has 0 amide bonds. The molecular formula is C12H19NO2. The molecule has 1 aromatic rings. The molecule has 3 heteroatoms. The fraction of sp³-hybridized carbons (Fsp3) is 0.500. The lowest BCUT2D eigenvalue weighted by Gasteiger charge is -2.06. The van der Waals surface area contributed by atoms with Crippen LogP contribution in [0.2, 0.25) is 0 Å². The van der Waals surface area contributed by atoms with Gasteiger partial charge in [-0.05, 0) is 30.9 Å². The average Bonchev–Trinajstić information content (AvgIpc) is 2.25. The molecule has 0 spiro atoms. The summed E-state index contributed by atoms with van der Waals surface area (Å²) >= 11 is 0. The standard InChI is InChI=1S/C12H19NO2/c1-10(14)3-4-11-5-7-12(8-6-11)9-13-15-2/h5-8,10,13-14H,3-4,9H2,1-2H3. The van der Waals surface area contributed by atoms with Crippen LogP contribution in [0.15, 0.2) is 24.3 Å². The molecule has 0 heterocycles. The summed E-state index contributed by atoms with van der Waals surface area (Å²) in [4.78, 5) is 4.77. The highest BCUT2D eigenvalue weighted by atomic mass is 16.6. The lowest BCUT2D eigenvalue weighted by Crippen LogP contribution is -2.10. The van der Waals surface area contributed by atoms with Crippen molar-refractivity contribution in [2.75, 3.05) is 7.11 Å². The Morgan fingerprint density at radius 1 is 1.27 bits per heavy atom. The average molecular weight is 209 g/mol. The van der Waals surface area contributed by atoms with Gasteiger partial charge in [0.05, 0.1) is 13.2 Å². The predicted molar refractivity (Wildman–Crippen MR) is 60.3 cm³/mol. The van der Waals surface area contributed by atoms with Crippen molar-refractivity contribution < 1.29 is 9.94 Å². The number of hydroxylamine groups is 1. The van der Waals surface area contributed by atoms with E-state index in [2.05, 4.69) is 29.7 Å². The summed E-state index contributed by atoms with van der Waals surface area (Å²) in [6.07, 6.45) is 1.52. The monoisotopic (exact) mass is 209 g/mol. The number of hydrogen-bond donors (Lipinski definition) is 2. The van der Waals surface area contributed by atoms with Crippen LogP contribution in [-0.4, -0.2) is 18.3 Å². The SMILES string of the molecule is CONCc1ccc(CCC(C)O)cc1. The lowest BCUT2D eigenvalue weighted by atomic mass is 10.1. The molecule has 0 fully saturated rings. The maximum Gasteiger partial charge on any atom is 0.0572 e. The van der Waals surface area contributed by atoms with Crippen molar-refractivity contribution in [3.05, 3.63) is 35.4 Å². The number of benzene rings is 1. The van der Waals surface area contributed by atoms with Gasteiger partial charge in [0.15, 0.2) is 0 Å². The van der Waals surface area contributed by atoms with Gasteiger partial charge in [-0.25, -0.2) is 0 Å². The minimum Gasteiger partial charge on any atom is -0.393 e. The van der Waals surface area contributed by atoms with Gasteiger partial charge < -0.3 is 9.94 Å². The summed E-state index contributed by atoms with van der Waals surface area (Å²) in [6, 6.07) is 8.33. The fourth-order valence-corrected chi connectivity index (χ4v) is 1.35. The molecule has 84 valence electrons. The molecule has 0 aliphatic rings. The van der Waals surface area contributed by atoms with Gasteiger partial charge in [0.1, 0.15) is 0 Å². The molecule has 2 N–H and O–H groups in total. The Labute approximate surface area is 91.0 Å². The van der Waals surface area contributed by atoms with Gasteiger partial charge >= 0.3 is 0 Å². The number of aliphatic hydroxyl groups is 1. The van der Waals surface area contributed by atoms with E-state index in [1.54, 1.807) is 7.11 Å². The van der Waals surface area contributed by atoms with E-state index in [0.717, 1.165) is 12.8 Å². The molecule has 1 atom stereocenters. The molecular weight excluding hydrogens is 190 g/mol. The first-order chi connectivity index (χ1) is 7.22. The normalized spacial score (nSPS) is 12.7. The number of nitrogens with one attached hydrogen (secondary N) is 1. The maximum absolute atomic E-state index is 9.16. The molecule has 0 saturated heterocycles. The Morgan fingerprint density at radius 3 is 2.40 bits per heavy atom. The van der Waals surface area contributed by atoms with E-state index in [1.165, 1.54) is 11.1 Å². The second kappa shape index (κ2) is 6.56. The van der Waals surface area contributed by atoms with Crippen LogP contribution in [-0.2, 0) is 17.8 Å². The third kappa shape index (κ3) is 4.93. The van der Waals surface area contributed by atoms with E-state index in [4.69, 9.17) is 9.94 Å². The Hall–Kier alpha value is -0.900. The van der Waals surface area contributed by atoms with Gasteiger partial charge in [-0.3, -0.25) is 0 Å². The van der Waals surface area contributed by atoms with Crippen LogP contribution in [0.1, 0.15) is 24.5 Å². The van der Waals surface area contributed by atoms with E-state index in [0.29, 0.717) is 6.54 Å². The Balaban J connectivity index is 2.41. The first-order valence-corrected chi connectivity index (χ1v) is 5.24. The molecule has 0 aliphatic carbocycles. The predicted octanol–water partition coefficient (Wildman–Crippen LogP) is 1.65. The second-order valence-electron chi connectivity index (χ2n) is 3.73. The van der Waals surface area contributed by atoms with Crippen LogP contribution in [0, 0.1) is 0 Å². The summed E-state index contributed by atoms with van der Waals surface area (Å²) in [7, 11) is 1.61. The van der Waals surface area contributed by atoms with Crippen molar-refractivity contribution >= 4 is 0 Å². The van der Waals surface area contributed by atoms with Gasteiger partial charge in [0.25, 0.3) is 0 Å². The van der Waals surface area contributed by atoms with E-state index >= 15 is 0 Å². The summed E-state index contributed by atoms with van der Waals surface area (Å²) in [6.45, 7) is 2.53. The summed E-state index contributed by atoms with van der Waals surface area (Å²) in [5.41, 5.74) is 5.25. The van der Waals surface area contributed by atoms with Crippen molar-refractivity contribution in [1.82, 2.24) is 5.48 Å². The summed E-state index contributed by atoms with van der Waals surface area (Å²) < 4.78 is 0. The molecule has 1 rings (SSSR count). The highest BCUT2D eigenvalue weighted by Crippen LogP contribution is 2.08. The second-order valence-corrected chi connectivity index (χ2v) is 3.73. The fourth-order valence-electron chi connectivity index (χ4n) is 1.35. The van der Waals surface area contributed by atoms with Gasteiger partial charge in [-0.15, -0.1) is 0 Å². The molecule has 15 heavy (non-hydrogen) atoms. The van der Waals surface area contributed by atoms with Crippen LogP contribution in [0.3, 0.4) is 0 Å². The minimum atomic E-state index is -0.222. The zero-order valence-corrected chi connectivity index (χ0v) is 9.36. The zero-order chi connectivity index (χ0) is 11.1. The smallest absolute Gasteiger partial charge is 0.0572 e. The van der Waals surface area contributed by atoms with Crippen LogP contribution >= 0.6 is 0 Å². The van der Waals surface area contributed by atoms with E-state index in [9.17, 15) is 0 Å². The number of hydrogen-bond acceptors (Lipinski definition) is 3. The van der Waals surface area contributed by atoms with Crippen LogP contribution in [0.4, 0.5) is 0 Å². The van der Waals surface area contributed by atoms with Gasteiger partial charge in [-0.1, -0.05) is 24.3 Å². The van der Waals surface area contributed by atoms with E-state index in [-0.39, 0.29) is 6.10 Å². The molecule has 1 aromatic carbocycles. The van der Waals surface area contributed by atoms with Crippen LogP contribution in [0.5, 0.6) is 0 Å². The number of aliphatic hydroxyl groups excluding tert-OH is 1. The molecule has 3 nitrogen and oxygen atoms in total. The first kappa shape index (κ1) is 12.2. The molecule has 0 radical (unpaired) electrons. The van der Waals surface area contributed by atoms with Gasteiger partial charge in [0, 0.05) is 6.54 Å². The van der Waals surface area contributed by atoms with E-state index < -0.39 is 0 Å². The Morgan fingerprint density at radius 2 is 1.87 bits per heavy atom. The quantitative estimate of drug-likeness (QED) is 0.700. The number of rotatable bonds is 6. The maximum atomic E-state index is 9.16. The molecule has 0 aliphatic heterocycles. The molecule has 0 saturated carbocycles. The zero-order valence-electron chi connectivity index (χ0n) is 9.36. The third-order valence-electron chi connectivity index (χ3n) is 2.29. The van der Waals surface area contributed by atoms with E-state index in [1.807, 2.05) is 6.92 Å². The highest BCUT2D eigenvalue weighted by molar-refractivity contribution is 5.22. The molecule has 0 aromatic heterocycles. The third-order valence-corrected chi connectivity index (χ3v) is 2.29.